The molecule has 138 valence electrons. The second kappa shape index (κ2) is 7.81. The second-order valence-corrected chi connectivity index (χ2v) is 7.47. The molecule has 1 aliphatic heterocycles. The van der Waals surface area contributed by atoms with Gasteiger partial charge < -0.3 is 14.5 Å². The number of rotatable bonds is 5. The molecule has 0 bridgehead atoms. The fraction of sp³-hybridized carbons (Fsp3) is 0.409. The number of amides is 1. The van der Waals surface area contributed by atoms with Gasteiger partial charge >= 0.3 is 0 Å². The number of carbonyl (C=O) groups excluding carboxylic acids is 1. The number of benzene rings is 2. The van der Waals surface area contributed by atoms with E-state index in [4.69, 9.17) is 4.74 Å². The topological polar surface area (TPSA) is 32.8 Å². The van der Waals surface area contributed by atoms with Gasteiger partial charge in [0.2, 0.25) is 5.91 Å². The molecular formula is C22H28N2O2. The maximum atomic E-state index is 12.8. The largest absolute Gasteiger partial charge is 0.495 e. The first-order chi connectivity index (χ1) is 12.5. The lowest BCUT2D eigenvalue weighted by molar-refractivity contribution is -0.132. The van der Waals surface area contributed by atoms with E-state index >= 15 is 0 Å². The highest BCUT2D eigenvalue weighted by molar-refractivity contribution is 5.78. The van der Waals surface area contributed by atoms with Gasteiger partial charge in [-0.2, -0.15) is 0 Å². The molecule has 1 heterocycles. The van der Waals surface area contributed by atoms with E-state index in [2.05, 4.69) is 36.9 Å². The van der Waals surface area contributed by atoms with Crippen molar-refractivity contribution in [2.45, 2.75) is 25.7 Å². The minimum Gasteiger partial charge on any atom is -0.495 e. The average molecular weight is 352 g/mol. The first-order valence-corrected chi connectivity index (χ1v) is 9.22. The summed E-state index contributed by atoms with van der Waals surface area (Å²) < 4.78 is 5.47. The summed E-state index contributed by atoms with van der Waals surface area (Å²) in [7, 11) is 1.70. The predicted molar refractivity (Wildman–Crippen MR) is 106 cm³/mol. The van der Waals surface area contributed by atoms with Crippen LogP contribution < -0.4 is 9.64 Å². The Morgan fingerprint density at radius 1 is 0.962 bits per heavy atom. The molecule has 0 saturated carbocycles. The van der Waals surface area contributed by atoms with E-state index in [1.54, 1.807) is 7.11 Å². The van der Waals surface area contributed by atoms with Crippen LogP contribution in [0.5, 0.6) is 5.75 Å². The highest BCUT2D eigenvalue weighted by Crippen LogP contribution is 2.30. The summed E-state index contributed by atoms with van der Waals surface area (Å²) in [5, 5.41) is 0. The van der Waals surface area contributed by atoms with Crippen LogP contribution in [0.4, 0.5) is 5.69 Å². The number of methoxy groups -OCH3 is 1. The minimum absolute atomic E-state index is 0.155. The van der Waals surface area contributed by atoms with Crippen molar-refractivity contribution in [3.8, 4) is 5.75 Å². The van der Waals surface area contributed by atoms with Crippen LogP contribution in [0.3, 0.4) is 0 Å². The number of hydrogen-bond donors (Lipinski definition) is 0. The van der Waals surface area contributed by atoms with Crippen LogP contribution in [-0.2, 0) is 10.2 Å². The zero-order valence-electron chi connectivity index (χ0n) is 15.9. The summed E-state index contributed by atoms with van der Waals surface area (Å²) in [4.78, 5) is 17.1. The quantitative estimate of drug-likeness (QED) is 0.822. The minimum atomic E-state index is -0.155. The highest BCUT2D eigenvalue weighted by Gasteiger charge is 2.29. The van der Waals surface area contributed by atoms with Gasteiger partial charge in [-0.3, -0.25) is 4.79 Å². The van der Waals surface area contributed by atoms with Gasteiger partial charge in [0.05, 0.1) is 12.8 Å². The van der Waals surface area contributed by atoms with Crippen molar-refractivity contribution in [1.29, 1.82) is 0 Å². The molecule has 0 aromatic heterocycles. The Morgan fingerprint density at radius 2 is 1.58 bits per heavy atom. The molecular weight excluding hydrogens is 324 g/mol. The maximum absolute atomic E-state index is 12.8. The zero-order chi connectivity index (χ0) is 18.6. The SMILES string of the molecule is COc1ccccc1N1CCN(C(=O)CC(C)(C)c2ccccc2)CC1. The Bertz CT molecular complexity index is 735. The Morgan fingerprint density at radius 3 is 2.23 bits per heavy atom. The van der Waals surface area contributed by atoms with Crippen molar-refractivity contribution < 1.29 is 9.53 Å². The standard InChI is InChI=1S/C22H28N2O2/c1-22(2,18-9-5-4-6-10-18)17-21(25)24-15-13-23(14-16-24)19-11-7-8-12-20(19)26-3/h4-12H,13-17H2,1-3H3. The molecule has 0 radical (unpaired) electrons. The van der Waals surface area contributed by atoms with Crippen LogP contribution >= 0.6 is 0 Å². The van der Waals surface area contributed by atoms with Crippen molar-refractivity contribution in [3.05, 3.63) is 60.2 Å². The lowest BCUT2D eigenvalue weighted by atomic mass is 9.81. The van der Waals surface area contributed by atoms with E-state index in [0.29, 0.717) is 6.42 Å². The van der Waals surface area contributed by atoms with Gasteiger partial charge in [0.15, 0.2) is 0 Å². The van der Waals surface area contributed by atoms with Crippen LogP contribution in [0.25, 0.3) is 0 Å². The van der Waals surface area contributed by atoms with Gasteiger partial charge in [-0.25, -0.2) is 0 Å². The van der Waals surface area contributed by atoms with Crippen LogP contribution in [0.1, 0.15) is 25.8 Å². The molecule has 1 fully saturated rings. The molecule has 1 amide bonds. The van der Waals surface area contributed by atoms with E-state index < -0.39 is 0 Å². The van der Waals surface area contributed by atoms with Gasteiger partial charge in [0.1, 0.15) is 5.75 Å². The highest BCUT2D eigenvalue weighted by atomic mass is 16.5. The second-order valence-electron chi connectivity index (χ2n) is 7.47. The molecule has 1 saturated heterocycles. The Kier molecular flexibility index (Phi) is 5.50. The number of ether oxygens (including phenoxy) is 1. The van der Waals surface area contributed by atoms with Crippen molar-refractivity contribution in [1.82, 2.24) is 4.90 Å². The van der Waals surface area contributed by atoms with Gasteiger partial charge in [0, 0.05) is 32.6 Å². The molecule has 3 rings (SSSR count). The number of para-hydroxylation sites is 2. The molecule has 0 spiro atoms. The third-order valence-electron chi connectivity index (χ3n) is 5.21. The third-order valence-corrected chi connectivity index (χ3v) is 5.21. The Balaban J connectivity index is 1.60. The van der Waals surface area contributed by atoms with Crippen LogP contribution in [0.15, 0.2) is 54.6 Å². The van der Waals surface area contributed by atoms with Crippen molar-refractivity contribution in [2.75, 3.05) is 38.2 Å². The molecule has 0 aliphatic carbocycles. The third kappa shape index (κ3) is 4.01. The molecule has 2 aromatic rings. The zero-order valence-corrected chi connectivity index (χ0v) is 15.9. The van der Waals surface area contributed by atoms with E-state index in [9.17, 15) is 4.79 Å². The van der Waals surface area contributed by atoms with Gasteiger partial charge in [0.25, 0.3) is 0 Å². The number of hydrogen-bond acceptors (Lipinski definition) is 3. The van der Waals surface area contributed by atoms with Gasteiger partial charge in [-0.05, 0) is 23.1 Å². The summed E-state index contributed by atoms with van der Waals surface area (Å²) in [5.74, 6) is 1.12. The van der Waals surface area contributed by atoms with Crippen LogP contribution in [0.2, 0.25) is 0 Å². The van der Waals surface area contributed by atoms with Crippen molar-refractivity contribution in [2.24, 2.45) is 0 Å². The van der Waals surface area contributed by atoms with Gasteiger partial charge in [-0.15, -0.1) is 0 Å². The maximum Gasteiger partial charge on any atom is 0.223 e. The smallest absolute Gasteiger partial charge is 0.223 e. The molecule has 0 N–H and O–H groups in total. The molecule has 4 heteroatoms. The molecule has 0 unspecified atom stereocenters. The first-order valence-electron chi connectivity index (χ1n) is 9.22. The Hall–Kier alpha value is -2.49. The average Bonchev–Trinajstić information content (AvgIpc) is 2.68. The van der Waals surface area contributed by atoms with Crippen molar-refractivity contribution >= 4 is 11.6 Å². The number of carbonyl (C=O) groups is 1. The van der Waals surface area contributed by atoms with Crippen molar-refractivity contribution in [3.63, 3.8) is 0 Å². The molecule has 1 aliphatic rings. The summed E-state index contributed by atoms with van der Waals surface area (Å²) in [6, 6.07) is 18.4. The summed E-state index contributed by atoms with van der Waals surface area (Å²) >= 11 is 0. The first kappa shape index (κ1) is 18.3. The monoisotopic (exact) mass is 352 g/mol. The molecule has 2 aromatic carbocycles. The van der Waals surface area contributed by atoms with E-state index in [1.807, 2.05) is 41.3 Å². The Labute approximate surface area is 156 Å². The molecule has 26 heavy (non-hydrogen) atoms. The lowest BCUT2D eigenvalue weighted by Gasteiger charge is -2.38. The fourth-order valence-electron chi connectivity index (χ4n) is 3.57. The summed E-state index contributed by atoms with van der Waals surface area (Å²) in [5.41, 5.74) is 2.16. The fourth-order valence-corrected chi connectivity index (χ4v) is 3.57. The predicted octanol–water partition coefficient (Wildman–Crippen LogP) is 3.71. The summed E-state index contributed by atoms with van der Waals surface area (Å²) in [6.07, 6.45) is 0.533. The van der Waals surface area contributed by atoms with Crippen LogP contribution in [-0.4, -0.2) is 44.1 Å². The molecule has 4 nitrogen and oxygen atoms in total. The normalized spacial score (nSPS) is 15.0. The number of piperazine rings is 1. The van der Waals surface area contributed by atoms with E-state index in [1.165, 1.54) is 5.56 Å². The lowest BCUT2D eigenvalue weighted by Crippen LogP contribution is -2.49. The summed E-state index contributed by atoms with van der Waals surface area (Å²) in [6.45, 7) is 7.45. The van der Waals surface area contributed by atoms with E-state index in [-0.39, 0.29) is 11.3 Å². The van der Waals surface area contributed by atoms with Crippen LogP contribution in [0, 0.1) is 0 Å². The van der Waals surface area contributed by atoms with Gasteiger partial charge in [-0.1, -0.05) is 56.3 Å². The number of nitrogens with zero attached hydrogens (tertiary/aromatic N) is 2. The van der Waals surface area contributed by atoms with E-state index in [0.717, 1.165) is 37.6 Å². The molecule has 0 atom stereocenters. The number of anilines is 1.